The summed E-state index contributed by atoms with van der Waals surface area (Å²) in [7, 11) is 0. The van der Waals surface area contributed by atoms with Gasteiger partial charge < -0.3 is 40.3 Å². The van der Waals surface area contributed by atoms with Crippen molar-refractivity contribution in [2.45, 2.75) is 95.6 Å². The maximum absolute atomic E-state index is 12.8. The number of ether oxygens (including phenoxy) is 3. The Morgan fingerprint density at radius 1 is 0.952 bits per heavy atom. The molecule has 1 aromatic carbocycles. The third-order valence-corrected chi connectivity index (χ3v) is 6.63. The highest BCUT2D eigenvalue weighted by Crippen LogP contribution is 2.37. The third kappa shape index (κ3) is 10.7. The van der Waals surface area contributed by atoms with Crippen LogP contribution in [0.2, 0.25) is 0 Å². The molecule has 0 aliphatic heterocycles. The predicted molar refractivity (Wildman–Crippen MR) is 153 cm³/mol. The van der Waals surface area contributed by atoms with E-state index >= 15 is 0 Å². The van der Waals surface area contributed by atoms with Crippen molar-refractivity contribution < 1.29 is 42.0 Å². The van der Waals surface area contributed by atoms with Gasteiger partial charge in [0.2, 0.25) is 0 Å². The molecule has 0 bridgehead atoms. The van der Waals surface area contributed by atoms with Gasteiger partial charge in [0.05, 0.1) is 30.5 Å². The van der Waals surface area contributed by atoms with E-state index in [0.717, 1.165) is 6.07 Å². The zero-order valence-corrected chi connectivity index (χ0v) is 24.5. The van der Waals surface area contributed by atoms with E-state index in [1.807, 2.05) is 27.7 Å². The summed E-state index contributed by atoms with van der Waals surface area (Å²) < 4.78 is 59.9. The van der Waals surface area contributed by atoms with Crippen LogP contribution in [0.15, 0.2) is 47.1 Å². The van der Waals surface area contributed by atoms with Gasteiger partial charge >= 0.3 is 6.36 Å². The maximum Gasteiger partial charge on any atom is 0.573 e. The Bertz CT molecular complexity index is 1270. The lowest BCUT2D eigenvalue weighted by Gasteiger charge is -2.35. The minimum atomic E-state index is -4.85. The molecule has 3 atom stereocenters. The molecule has 12 heteroatoms. The molecule has 2 aromatic heterocycles. The lowest BCUT2D eigenvalue weighted by molar-refractivity contribution is -0.274. The number of hydrogen-bond donors (Lipinski definition) is 4. The summed E-state index contributed by atoms with van der Waals surface area (Å²) in [4.78, 5) is 3.88. The van der Waals surface area contributed by atoms with Crippen molar-refractivity contribution >= 4 is 11.0 Å². The van der Waals surface area contributed by atoms with Gasteiger partial charge in [0, 0.05) is 41.5 Å². The van der Waals surface area contributed by atoms with Crippen LogP contribution in [0.4, 0.5) is 13.2 Å². The van der Waals surface area contributed by atoms with E-state index in [1.54, 1.807) is 24.3 Å². The van der Waals surface area contributed by atoms with Gasteiger partial charge in [-0.1, -0.05) is 0 Å². The minimum Gasteiger partial charge on any atom is -0.493 e. The molecule has 0 radical (unpaired) electrons. The molecule has 0 amide bonds. The lowest BCUT2D eigenvalue weighted by Crippen LogP contribution is -2.51. The molecule has 0 fully saturated rings. The highest BCUT2D eigenvalue weighted by atomic mass is 19.4. The Morgan fingerprint density at radius 2 is 1.62 bits per heavy atom. The number of pyridine rings is 1. The van der Waals surface area contributed by atoms with E-state index in [0.29, 0.717) is 55.4 Å². The van der Waals surface area contributed by atoms with E-state index in [2.05, 4.69) is 9.72 Å². The third-order valence-electron chi connectivity index (χ3n) is 6.63. The van der Waals surface area contributed by atoms with Crippen LogP contribution in [0, 0.1) is 0 Å². The molecule has 0 saturated carbocycles. The fourth-order valence-electron chi connectivity index (χ4n) is 4.41. The second kappa shape index (κ2) is 14.0. The minimum absolute atomic E-state index is 0.0649. The number of halogens is 3. The Hall–Kier alpha value is -2.90. The second-order valence-corrected chi connectivity index (χ2v) is 11.9. The number of nitrogens with two attached hydrogens (primary N) is 2. The van der Waals surface area contributed by atoms with E-state index in [1.165, 1.54) is 12.4 Å². The highest BCUT2D eigenvalue weighted by molar-refractivity contribution is 5.84. The van der Waals surface area contributed by atoms with Crippen LogP contribution in [-0.2, 0) is 4.74 Å². The molecule has 6 N–H and O–H groups in total. The zero-order valence-electron chi connectivity index (χ0n) is 24.5. The fraction of sp³-hybridized carbons (Fsp3) is 0.567. The summed E-state index contributed by atoms with van der Waals surface area (Å²) >= 11 is 0. The molecule has 0 aliphatic carbocycles. The summed E-state index contributed by atoms with van der Waals surface area (Å²) in [5.41, 5.74) is 11.9. The molecule has 3 rings (SSSR count). The number of fused-ring (bicyclic) bond motifs is 1. The molecule has 3 aromatic rings. The summed E-state index contributed by atoms with van der Waals surface area (Å²) in [6, 6.07) is 7.78. The van der Waals surface area contributed by atoms with Gasteiger partial charge in [0.1, 0.15) is 22.8 Å². The molecule has 0 saturated heterocycles. The second-order valence-electron chi connectivity index (χ2n) is 11.9. The summed E-state index contributed by atoms with van der Waals surface area (Å²) in [5, 5.41) is 21.4. The normalized spacial score (nSPS) is 15.0. The first-order chi connectivity index (χ1) is 19.5. The SMILES string of the molecule is CC(C)(N)CC(OCCCC(O)C(O)CCCOc1ccc2cc(-c3cnccc3OC(F)(F)F)oc2c1)C(C)(C)N. The molecular formula is C30H42F3N3O6. The van der Waals surface area contributed by atoms with E-state index in [4.69, 9.17) is 25.4 Å². The monoisotopic (exact) mass is 597 g/mol. The van der Waals surface area contributed by atoms with Crippen molar-refractivity contribution in [2.75, 3.05) is 13.2 Å². The standard InChI is InChI=1S/C30H42F3N3O6/c1-28(2,34)17-27(29(3,4)35)40-14-6-8-23(38)22(37)7-5-13-39-20-10-9-19-15-26(41-25(19)16-20)21-18-36-12-11-24(21)42-30(31,32)33/h9-12,15-16,18,22-23,27,37-38H,5-8,13-14,17,34-35H2,1-4H3. The van der Waals surface area contributed by atoms with E-state index in [9.17, 15) is 23.4 Å². The smallest absolute Gasteiger partial charge is 0.493 e. The Kier molecular flexibility index (Phi) is 11.2. The first-order valence-electron chi connectivity index (χ1n) is 13.9. The van der Waals surface area contributed by atoms with Crippen LogP contribution in [0.5, 0.6) is 11.5 Å². The van der Waals surface area contributed by atoms with Crippen LogP contribution in [0.25, 0.3) is 22.3 Å². The average Bonchev–Trinajstić information content (AvgIpc) is 3.29. The Morgan fingerprint density at radius 3 is 2.24 bits per heavy atom. The quantitative estimate of drug-likeness (QED) is 0.162. The predicted octanol–water partition coefficient (Wildman–Crippen LogP) is 5.30. The number of aliphatic hydroxyl groups is 2. The molecule has 3 unspecified atom stereocenters. The van der Waals surface area contributed by atoms with Crippen LogP contribution < -0.4 is 20.9 Å². The number of furan rings is 1. The molecule has 0 aliphatic rings. The van der Waals surface area contributed by atoms with Crippen molar-refractivity contribution in [3.63, 3.8) is 0 Å². The average molecular weight is 598 g/mol. The van der Waals surface area contributed by atoms with Crippen LogP contribution in [0.3, 0.4) is 0 Å². The number of rotatable bonds is 16. The lowest BCUT2D eigenvalue weighted by atomic mass is 9.87. The number of alkyl halides is 3. The maximum atomic E-state index is 12.8. The summed E-state index contributed by atoms with van der Waals surface area (Å²) in [6.07, 6.45) is -2.13. The van der Waals surface area contributed by atoms with Gasteiger partial charge in [0.15, 0.2) is 0 Å². The van der Waals surface area contributed by atoms with Gasteiger partial charge in [0.25, 0.3) is 0 Å². The summed E-state index contributed by atoms with van der Waals surface area (Å²) in [6.45, 7) is 8.29. The van der Waals surface area contributed by atoms with E-state index < -0.39 is 35.4 Å². The number of hydrogen-bond acceptors (Lipinski definition) is 9. The topological polar surface area (TPSA) is 146 Å². The molecule has 234 valence electrons. The Labute approximate surface area is 243 Å². The number of aliphatic hydroxyl groups excluding tert-OH is 2. The first kappa shape index (κ1) is 33.6. The molecule has 2 heterocycles. The molecular weight excluding hydrogens is 555 g/mol. The van der Waals surface area contributed by atoms with Crippen molar-refractivity contribution in [2.24, 2.45) is 11.5 Å². The van der Waals surface area contributed by atoms with Crippen LogP contribution in [0.1, 0.15) is 59.8 Å². The Balaban J connectivity index is 1.44. The number of benzene rings is 1. The van der Waals surface area contributed by atoms with Crippen LogP contribution in [-0.4, -0.2) is 64.2 Å². The number of nitrogens with zero attached hydrogens (tertiary/aromatic N) is 1. The molecule has 42 heavy (non-hydrogen) atoms. The van der Waals surface area contributed by atoms with Crippen molar-refractivity contribution in [3.8, 4) is 22.8 Å². The zero-order chi connectivity index (χ0) is 31.1. The van der Waals surface area contributed by atoms with Crippen molar-refractivity contribution in [1.29, 1.82) is 0 Å². The first-order valence-corrected chi connectivity index (χ1v) is 13.9. The highest BCUT2D eigenvalue weighted by Gasteiger charge is 2.33. The van der Waals surface area contributed by atoms with Gasteiger partial charge in [-0.25, -0.2) is 0 Å². The van der Waals surface area contributed by atoms with Crippen molar-refractivity contribution in [1.82, 2.24) is 4.98 Å². The molecule has 0 spiro atoms. The largest absolute Gasteiger partial charge is 0.573 e. The van der Waals surface area contributed by atoms with Gasteiger partial charge in [-0.3, -0.25) is 4.98 Å². The van der Waals surface area contributed by atoms with Gasteiger partial charge in [-0.05, 0) is 84.1 Å². The van der Waals surface area contributed by atoms with Crippen LogP contribution >= 0.6 is 0 Å². The summed E-state index contributed by atoms with van der Waals surface area (Å²) in [5.74, 6) is 0.245. The van der Waals surface area contributed by atoms with Crippen molar-refractivity contribution in [3.05, 3.63) is 42.7 Å². The van der Waals surface area contributed by atoms with Gasteiger partial charge in [-0.15, -0.1) is 13.2 Å². The molecule has 9 nitrogen and oxygen atoms in total. The van der Waals surface area contributed by atoms with Gasteiger partial charge in [-0.2, -0.15) is 0 Å². The number of aromatic nitrogens is 1. The fourth-order valence-corrected chi connectivity index (χ4v) is 4.41. The van der Waals surface area contributed by atoms with E-state index in [-0.39, 0.29) is 24.0 Å².